The molecule has 3 amide bonds. The van der Waals surface area contributed by atoms with Crippen molar-refractivity contribution in [3.8, 4) is 0 Å². The van der Waals surface area contributed by atoms with E-state index in [0.717, 1.165) is 0 Å². The number of aliphatic hydroxyl groups excluding tert-OH is 1. The number of nitrogens with one attached hydrogen (secondary N) is 4. The maximum atomic E-state index is 11.8. The van der Waals surface area contributed by atoms with Gasteiger partial charge in [0, 0.05) is 13.0 Å². The van der Waals surface area contributed by atoms with E-state index in [4.69, 9.17) is 5.11 Å². The van der Waals surface area contributed by atoms with Crippen molar-refractivity contribution < 1.29 is 29.4 Å². The fraction of sp³-hybridized carbons (Fsp3) is 0.750. The van der Waals surface area contributed by atoms with Gasteiger partial charge in [-0.05, 0) is 33.2 Å². The van der Waals surface area contributed by atoms with Gasteiger partial charge in [-0.3, -0.25) is 19.2 Å². The van der Waals surface area contributed by atoms with E-state index in [1.807, 2.05) is 0 Å². The maximum Gasteiger partial charge on any atom is 0.303 e. The fourth-order valence-corrected chi connectivity index (χ4v) is 2.12. The van der Waals surface area contributed by atoms with Crippen molar-refractivity contribution in [3.63, 3.8) is 0 Å². The number of amides is 3. The molecule has 0 aromatic carbocycles. The van der Waals surface area contributed by atoms with Crippen LogP contribution in [0.3, 0.4) is 0 Å². The van der Waals surface area contributed by atoms with E-state index in [9.17, 15) is 24.3 Å². The molecule has 0 rings (SSSR count). The van der Waals surface area contributed by atoms with Crippen molar-refractivity contribution in [3.05, 3.63) is 0 Å². The number of rotatable bonds is 14. The molecule has 6 N–H and O–H groups in total. The number of hydrogen-bond acceptors (Lipinski definition) is 6. The summed E-state index contributed by atoms with van der Waals surface area (Å²) < 4.78 is 0. The molecule has 0 saturated carbocycles. The average molecular weight is 374 g/mol. The van der Waals surface area contributed by atoms with E-state index >= 15 is 0 Å². The summed E-state index contributed by atoms with van der Waals surface area (Å²) in [4.78, 5) is 44.8. The Bertz CT molecular complexity index is 470. The Balaban J connectivity index is 3.98. The highest BCUT2D eigenvalue weighted by Crippen LogP contribution is 2.05. The summed E-state index contributed by atoms with van der Waals surface area (Å²) in [6.45, 7) is 1.92. The smallest absolute Gasteiger partial charge is 0.303 e. The summed E-state index contributed by atoms with van der Waals surface area (Å²) in [7, 11) is 1.62. The monoisotopic (exact) mass is 374 g/mol. The Kier molecular flexibility index (Phi) is 12.8. The van der Waals surface area contributed by atoms with Crippen LogP contribution in [0.25, 0.3) is 0 Å². The van der Waals surface area contributed by atoms with Crippen molar-refractivity contribution in [2.75, 3.05) is 26.7 Å². The van der Waals surface area contributed by atoms with Crippen LogP contribution in [0.4, 0.5) is 0 Å². The summed E-state index contributed by atoms with van der Waals surface area (Å²) in [5, 5.41) is 28.7. The van der Waals surface area contributed by atoms with Crippen molar-refractivity contribution in [2.45, 2.75) is 51.2 Å². The molecule has 0 aliphatic heterocycles. The molecule has 2 atom stereocenters. The molecule has 0 bridgehead atoms. The third kappa shape index (κ3) is 13.1. The minimum absolute atomic E-state index is 0.0546. The Hall–Kier alpha value is -2.20. The van der Waals surface area contributed by atoms with Crippen LogP contribution in [0.15, 0.2) is 0 Å². The molecule has 0 spiro atoms. The fourth-order valence-electron chi connectivity index (χ4n) is 2.12. The summed E-state index contributed by atoms with van der Waals surface area (Å²) >= 11 is 0. The van der Waals surface area contributed by atoms with Gasteiger partial charge in [0.15, 0.2) is 0 Å². The van der Waals surface area contributed by atoms with Crippen molar-refractivity contribution in [1.82, 2.24) is 21.3 Å². The predicted octanol–water partition coefficient (Wildman–Crippen LogP) is -1.66. The second kappa shape index (κ2) is 14.0. The first kappa shape index (κ1) is 23.8. The third-order valence-corrected chi connectivity index (χ3v) is 3.54. The second-order valence-electron chi connectivity index (χ2n) is 5.96. The zero-order valence-corrected chi connectivity index (χ0v) is 15.3. The number of unbranched alkanes of at least 4 members (excludes halogenated alkanes) is 1. The summed E-state index contributed by atoms with van der Waals surface area (Å²) in [6, 6.07) is -0.452. The van der Waals surface area contributed by atoms with Gasteiger partial charge in [-0.1, -0.05) is 0 Å². The number of carbonyl (C=O) groups is 4. The molecule has 0 aromatic heterocycles. The van der Waals surface area contributed by atoms with Gasteiger partial charge in [0.2, 0.25) is 17.7 Å². The lowest BCUT2D eigenvalue weighted by Crippen LogP contribution is -2.47. The number of hydrogen-bond donors (Lipinski definition) is 6. The average Bonchev–Trinajstić information content (AvgIpc) is 2.56. The number of carboxylic acids is 1. The highest BCUT2D eigenvalue weighted by Gasteiger charge is 2.17. The van der Waals surface area contributed by atoms with Gasteiger partial charge in [0.05, 0.1) is 31.7 Å². The van der Waals surface area contributed by atoms with Gasteiger partial charge in [-0.25, -0.2) is 0 Å². The first-order valence-corrected chi connectivity index (χ1v) is 8.63. The van der Waals surface area contributed by atoms with Gasteiger partial charge < -0.3 is 31.5 Å². The standard InChI is InChI=1S/C16H30N4O6/c1-11(21)12(20-15(24)10-19-14(23)9-17-2)5-3-4-8-18-13(22)6-7-16(25)26/h11-12,17,21H,3-10H2,1-2H3,(H,18,22)(H,19,23)(H,20,24)(H,25,26)/t11?,12-/m0/s1. The van der Waals surface area contributed by atoms with E-state index in [1.165, 1.54) is 0 Å². The molecule has 10 nitrogen and oxygen atoms in total. The largest absolute Gasteiger partial charge is 0.481 e. The van der Waals surface area contributed by atoms with E-state index in [0.29, 0.717) is 25.8 Å². The third-order valence-electron chi connectivity index (χ3n) is 3.54. The minimum Gasteiger partial charge on any atom is -0.481 e. The van der Waals surface area contributed by atoms with Gasteiger partial charge >= 0.3 is 5.97 Å². The van der Waals surface area contributed by atoms with E-state index in [2.05, 4.69) is 21.3 Å². The second-order valence-corrected chi connectivity index (χ2v) is 5.96. The van der Waals surface area contributed by atoms with E-state index in [-0.39, 0.29) is 43.7 Å². The number of carboxylic acid groups (broad SMARTS) is 1. The highest BCUT2D eigenvalue weighted by molar-refractivity contribution is 5.85. The summed E-state index contributed by atoms with van der Waals surface area (Å²) in [5.41, 5.74) is 0. The molecular formula is C16H30N4O6. The van der Waals surface area contributed by atoms with Crippen LogP contribution in [0.5, 0.6) is 0 Å². The van der Waals surface area contributed by atoms with Gasteiger partial charge in [-0.2, -0.15) is 0 Å². The quantitative estimate of drug-likeness (QED) is 0.199. The normalized spacial score (nSPS) is 12.7. The van der Waals surface area contributed by atoms with E-state index in [1.54, 1.807) is 14.0 Å². The minimum atomic E-state index is -1.02. The van der Waals surface area contributed by atoms with Gasteiger partial charge in [0.1, 0.15) is 0 Å². The van der Waals surface area contributed by atoms with Crippen molar-refractivity contribution >= 4 is 23.7 Å². The number of aliphatic carboxylic acids is 1. The molecule has 0 radical (unpaired) electrons. The van der Waals surface area contributed by atoms with Crippen molar-refractivity contribution in [1.29, 1.82) is 0 Å². The molecule has 0 fully saturated rings. The van der Waals surface area contributed by atoms with Crippen molar-refractivity contribution in [2.24, 2.45) is 0 Å². The Morgan fingerprint density at radius 2 is 1.62 bits per heavy atom. The molecule has 10 heteroatoms. The Labute approximate surface area is 153 Å². The van der Waals surface area contributed by atoms with E-state index < -0.39 is 18.1 Å². The van der Waals surface area contributed by atoms with Crippen LogP contribution in [-0.2, 0) is 19.2 Å². The Morgan fingerprint density at radius 1 is 0.923 bits per heavy atom. The van der Waals surface area contributed by atoms with Crippen LogP contribution in [0.1, 0.15) is 39.0 Å². The zero-order chi connectivity index (χ0) is 19.9. The molecule has 150 valence electrons. The predicted molar refractivity (Wildman–Crippen MR) is 94.3 cm³/mol. The lowest BCUT2D eigenvalue weighted by molar-refractivity contribution is -0.138. The number of likely N-dealkylation sites (N-methyl/N-ethyl adjacent to an activating group) is 1. The highest BCUT2D eigenvalue weighted by atomic mass is 16.4. The van der Waals surface area contributed by atoms with Gasteiger partial charge in [0.25, 0.3) is 0 Å². The van der Waals surface area contributed by atoms with Crippen LogP contribution < -0.4 is 21.3 Å². The SMILES string of the molecule is CNCC(=O)NCC(=O)N[C@@H](CCCCNC(=O)CCC(=O)O)C(C)O. The summed E-state index contributed by atoms with van der Waals surface area (Å²) in [6.07, 6.45) is 0.794. The van der Waals surface area contributed by atoms with Gasteiger partial charge in [-0.15, -0.1) is 0 Å². The first-order chi connectivity index (χ1) is 12.3. The molecule has 1 unspecified atom stereocenters. The summed E-state index contributed by atoms with van der Waals surface area (Å²) in [5.74, 6) is -2.01. The van der Waals surface area contributed by atoms with Crippen LogP contribution >= 0.6 is 0 Å². The Morgan fingerprint density at radius 3 is 2.19 bits per heavy atom. The number of aliphatic hydroxyl groups is 1. The molecule has 0 heterocycles. The lowest BCUT2D eigenvalue weighted by atomic mass is 10.0. The van der Waals surface area contributed by atoms with Crippen LogP contribution in [0, 0.1) is 0 Å². The first-order valence-electron chi connectivity index (χ1n) is 8.63. The number of carbonyl (C=O) groups excluding carboxylic acids is 3. The lowest BCUT2D eigenvalue weighted by Gasteiger charge is -2.21. The molecule has 0 aliphatic carbocycles. The molecular weight excluding hydrogens is 344 g/mol. The molecule has 0 saturated heterocycles. The van der Waals surface area contributed by atoms with Crippen LogP contribution in [0.2, 0.25) is 0 Å². The topological polar surface area (TPSA) is 157 Å². The molecule has 0 aliphatic rings. The zero-order valence-electron chi connectivity index (χ0n) is 15.3. The van der Waals surface area contributed by atoms with Crippen LogP contribution in [-0.4, -0.2) is 72.7 Å². The molecule has 26 heavy (non-hydrogen) atoms. The molecule has 0 aromatic rings. The maximum absolute atomic E-state index is 11.8.